The number of esters is 1. The molecule has 0 saturated heterocycles. The van der Waals surface area contributed by atoms with Crippen LogP contribution < -0.4 is 20.3 Å². The number of hydrogen-bond donors (Lipinski definition) is 2. The Morgan fingerprint density at radius 1 is 1.08 bits per heavy atom. The normalized spacial score (nSPS) is 14.8. The van der Waals surface area contributed by atoms with E-state index in [-0.39, 0.29) is 12.3 Å². The van der Waals surface area contributed by atoms with E-state index in [1.54, 1.807) is 36.4 Å². The maximum absolute atomic E-state index is 12.0. The first kappa shape index (κ1) is 17.2. The average molecular weight is 357 g/mol. The fraction of sp³-hybridized carbons (Fsp3) is 0.176. The van der Waals surface area contributed by atoms with Crippen molar-refractivity contribution in [3.05, 3.63) is 54.4 Å². The number of benzene rings is 1. The van der Waals surface area contributed by atoms with Gasteiger partial charge in [-0.25, -0.2) is 9.78 Å². The second kappa shape index (κ2) is 7.97. The number of ether oxygens (including phenoxy) is 3. The maximum Gasteiger partial charge on any atom is 0.357 e. The minimum Gasteiger partial charge on any atom is -0.485 e. The Hall–Kier alpha value is -3.62. The number of nitrogens with one attached hydrogen (secondary N) is 2. The summed E-state index contributed by atoms with van der Waals surface area (Å²) in [5.41, 5.74) is 4.41. The molecule has 134 valence electrons. The Kier molecular flexibility index (Phi) is 5.28. The molecule has 2 heterocycles. The van der Waals surface area contributed by atoms with E-state index in [0.29, 0.717) is 11.5 Å². The van der Waals surface area contributed by atoms with Crippen molar-refractivity contribution in [3.63, 3.8) is 0 Å². The van der Waals surface area contributed by atoms with Crippen LogP contribution >= 0.6 is 0 Å². The molecule has 1 aromatic heterocycles. The summed E-state index contributed by atoms with van der Waals surface area (Å²) in [6, 6.07) is 11.7. The lowest BCUT2D eigenvalue weighted by Gasteiger charge is -2.25. The minimum atomic E-state index is -0.915. The zero-order valence-electron chi connectivity index (χ0n) is 13.5. The molecule has 2 aromatic rings. The van der Waals surface area contributed by atoms with Gasteiger partial charge in [-0.2, -0.15) is 0 Å². The Labute approximate surface area is 148 Å². The second-order valence-corrected chi connectivity index (χ2v) is 5.19. The van der Waals surface area contributed by atoms with Crippen LogP contribution in [0.25, 0.3) is 0 Å². The van der Waals surface area contributed by atoms with E-state index in [1.165, 1.54) is 12.3 Å². The number of carbonyl (C=O) groups excluding carboxylic acids is 3. The molecule has 26 heavy (non-hydrogen) atoms. The number of amides is 2. The van der Waals surface area contributed by atoms with Crippen LogP contribution in [0.1, 0.15) is 10.5 Å². The van der Waals surface area contributed by atoms with E-state index in [1.807, 2.05) is 0 Å². The van der Waals surface area contributed by atoms with Crippen molar-refractivity contribution < 1.29 is 28.6 Å². The third kappa shape index (κ3) is 4.26. The van der Waals surface area contributed by atoms with Gasteiger partial charge in [0.15, 0.2) is 18.1 Å². The highest BCUT2D eigenvalue weighted by molar-refractivity contribution is 5.90. The molecule has 1 aromatic carbocycles. The summed E-state index contributed by atoms with van der Waals surface area (Å²) in [6.45, 7) is -0.562. The number of carbonyl (C=O) groups is 3. The van der Waals surface area contributed by atoms with Gasteiger partial charge in [-0.1, -0.05) is 18.2 Å². The first-order valence-corrected chi connectivity index (χ1v) is 7.69. The predicted octanol–water partition coefficient (Wildman–Crippen LogP) is 0.226. The highest BCUT2D eigenvalue weighted by Gasteiger charge is 2.27. The fourth-order valence-electron chi connectivity index (χ4n) is 2.09. The molecular weight excluding hydrogens is 342 g/mol. The number of hydrogen-bond acceptors (Lipinski definition) is 7. The molecule has 1 aliphatic rings. The Bertz CT molecular complexity index is 811. The lowest BCUT2D eigenvalue weighted by atomic mass is 10.2. The second-order valence-electron chi connectivity index (χ2n) is 5.19. The first-order chi connectivity index (χ1) is 12.6. The quantitative estimate of drug-likeness (QED) is 0.594. The summed E-state index contributed by atoms with van der Waals surface area (Å²) in [5.74, 6) is -1.06. The number of fused-ring (bicyclic) bond motifs is 1. The molecule has 9 heteroatoms. The van der Waals surface area contributed by atoms with Gasteiger partial charge in [-0.15, -0.1) is 0 Å². The lowest BCUT2D eigenvalue weighted by molar-refractivity contribution is -0.135. The molecule has 0 spiro atoms. The molecule has 0 aliphatic carbocycles. The van der Waals surface area contributed by atoms with Crippen molar-refractivity contribution >= 4 is 17.8 Å². The van der Waals surface area contributed by atoms with E-state index in [4.69, 9.17) is 14.2 Å². The fourth-order valence-corrected chi connectivity index (χ4v) is 2.09. The van der Waals surface area contributed by atoms with Crippen LogP contribution in [-0.2, 0) is 14.3 Å². The van der Waals surface area contributed by atoms with Gasteiger partial charge in [-0.05, 0) is 24.3 Å². The van der Waals surface area contributed by atoms with Crippen LogP contribution in [0.5, 0.6) is 11.5 Å². The van der Waals surface area contributed by atoms with Crippen molar-refractivity contribution in [2.75, 3.05) is 13.2 Å². The molecule has 9 nitrogen and oxygen atoms in total. The SMILES string of the molecule is O=C(COC(=O)c1ccccn1)NNC(=O)[C@H]1COc2ccccc2O1. The van der Waals surface area contributed by atoms with Crippen molar-refractivity contribution in [2.24, 2.45) is 0 Å². The summed E-state index contributed by atoms with van der Waals surface area (Å²) in [5, 5.41) is 0. The number of aromatic nitrogens is 1. The van der Waals surface area contributed by atoms with Crippen molar-refractivity contribution in [2.45, 2.75) is 6.10 Å². The number of hydrazine groups is 1. The van der Waals surface area contributed by atoms with Gasteiger partial charge in [0.05, 0.1) is 0 Å². The monoisotopic (exact) mass is 357 g/mol. The van der Waals surface area contributed by atoms with Crippen LogP contribution in [0.4, 0.5) is 0 Å². The first-order valence-electron chi connectivity index (χ1n) is 7.69. The summed E-state index contributed by atoms with van der Waals surface area (Å²) in [7, 11) is 0. The number of pyridine rings is 1. The topological polar surface area (TPSA) is 116 Å². The standard InChI is InChI=1S/C17H15N3O6/c21-15(10-25-17(23)11-5-3-4-8-18-11)19-20-16(22)14-9-24-12-6-1-2-7-13(12)26-14/h1-8,14H,9-10H2,(H,19,21)(H,20,22)/t14-/m1/s1. The van der Waals surface area contributed by atoms with Crippen LogP contribution in [0.15, 0.2) is 48.7 Å². The van der Waals surface area contributed by atoms with Gasteiger partial charge in [0.25, 0.3) is 11.8 Å². The highest BCUT2D eigenvalue weighted by Crippen LogP contribution is 2.30. The molecule has 1 aliphatic heterocycles. The third-order valence-corrected chi connectivity index (χ3v) is 3.33. The highest BCUT2D eigenvalue weighted by atomic mass is 16.6. The lowest BCUT2D eigenvalue weighted by Crippen LogP contribution is -2.51. The van der Waals surface area contributed by atoms with Gasteiger partial charge >= 0.3 is 5.97 Å². The maximum atomic E-state index is 12.0. The third-order valence-electron chi connectivity index (χ3n) is 3.33. The minimum absolute atomic E-state index is 0.00732. The molecule has 2 N–H and O–H groups in total. The Morgan fingerprint density at radius 3 is 2.62 bits per heavy atom. The van der Waals surface area contributed by atoms with Crippen molar-refractivity contribution in [1.29, 1.82) is 0 Å². The van der Waals surface area contributed by atoms with E-state index in [2.05, 4.69) is 15.8 Å². The van der Waals surface area contributed by atoms with Crippen molar-refractivity contribution in [3.8, 4) is 11.5 Å². The molecule has 0 fully saturated rings. The van der Waals surface area contributed by atoms with Crippen LogP contribution in [0.3, 0.4) is 0 Å². The number of para-hydroxylation sites is 2. The van der Waals surface area contributed by atoms with Gasteiger partial charge in [0, 0.05) is 6.20 Å². The van der Waals surface area contributed by atoms with Crippen LogP contribution in [-0.4, -0.2) is 42.1 Å². The zero-order chi connectivity index (χ0) is 18.4. The van der Waals surface area contributed by atoms with Crippen LogP contribution in [0, 0.1) is 0 Å². The van der Waals surface area contributed by atoms with Gasteiger partial charge in [-0.3, -0.25) is 20.4 Å². The molecule has 3 rings (SSSR count). The summed E-state index contributed by atoms with van der Waals surface area (Å²) >= 11 is 0. The smallest absolute Gasteiger partial charge is 0.357 e. The van der Waals surface area contributed by atoms with Gasteiger partial charge in [0.1, 0.15) is 12.3 Å². The van der Waals surface area contributed by atoms with E-state index in [0.717, 1.165) is 0 Å². The molecule has 0 saturated carbocycles. The number of nitrogens with zero attached hydrogens (tertiary/aromatic N) is 1. The Morgan fingerprint density at radius 2 is 1.85 bits per heavy atom. The summed E-state index contributed by atoms with van der Waals surface area (Å²) < 4.78 is 15.7. The van der Waals surface area contributed by atoms with Crippen LogP contribution in [0.2, 0.25) is 0 Å². The molecule has 0 unspecified atom stereocenters. The van der Waals surface area contributed by atoms with Gasteiger partial charge < -0.3 is 14.2 Å². The Balaban J connectivity index is 1.42. The zero-order valence-corrected chi connectivity index (χ0v) is 13.5. The van der Waals surface area contributed by atoms with E-state index < -0.39 is 30.5 Å². The van der Waals surface area contributed by atoms with E-state index >= 15 is 0 Å². The predicted molar refractivity (Wildman–Crippen MR) is 87.2 cm³/mol. The van der Waals surface area contributed by atoms with Gasteiger partial charge in [0.2, 0.25) is 6.10 Å². The van der Waals surface area contributed by atoms with Crippen molar-refractivity contribution in [1.82, 2.24) is 15.8 Å². The average Bonchev–Trinajstić information content (AvgIpc) is 2.70. The molecule has 0 bridgehead atoms. The molecule has 0 radical (unpaired) electrons. The summed E-state index contributed by atoms with van der Waals surface area (Å²) in [6.07, 6.45) is 0.516. The van der Waals surface area contributed by atoms with E-state index in [9.17, 15) is 14.4 Å². The number of rotatable bonds is 4. The largest absolute Gasteiger partial charge is 0.485 e. The molecule has 2 amide bonds. The molecular formula is C17H15N3O6. The summed E-state index contributed by atoms with van der Waals surface area (Å²) in [4.78, 5) is 39.2. The molecule has 1 atom stereocenters.